The SMILES string of the molecule is CC(NC(=O)Nc1cccc(Cl)c1)c1cccc(N)c1. The Bertz CT molecular complexity index is 616. The number of rotatable bonds is 3. The first kappa shape index (κ1) is 14.2. The first-order chi connectivity index (χ1) is 9.54. The van der Waals surface area contributed by atoms with Crippen molar-refractivity contribution in [1.82, 2.24) is 5.32 Å². The van der Waals surface area contributed by atoms with E-state index < -0.39 is 0 Å². The van der Waals surface area contributed by atoms with Crippen molar-refractivity contribution in [2.24, 2.45) is 0 Å². The minimum Gasteiger partial charge on any atom is -0.399 e. The van der Waals surface area contributed by atoms with E-state index in [1.807, 2.05) is 31.2 Å². The highest BCUT2D eigenvalue weighted by molar-refractivity contribution is 6.30. The molecule has 1 unspecified atom stereocenters. The lowest BCUT2D eigenvalue weighted by Crippen LogP contribution is -2.31. The molecule has 1 atom stereocenters. The number of nitrogens with two attached hydrogens (primary N) is 1. The van der Waals surface area contributed by atoms with Gasteiger partial charge in [0, 0.05) is 16.4 Å². The summed E-state index contributed by atoms with van der Waals surface area (Å²) in [6.07, 6.45) is 0. The van der Waals surface area contributed by atoms with Gasteiger partial charge in [0.05, 0.1) is 6.04 Å². The predicted molar refractivity (Wildman–Crippen MR) is 82.9 cm³/mol. The molecule has 2 amide bonds. The van der Waals surface area contributed by atoms with Crippen molar-refractivity contribution in [3.8, 4) is 0 Å². The molecule has 0 aliphatic carbocycles. The van der Waals surface area contributed by atoms with E-state index in [0.29, 0.717) is 16.4 Å². The summed E-state index contributed by atoms with van der Waals surface area (Å²) >= 11 is 5.86. The smallest absolute Gasteiger partial charge is 0.319 e. The molecule has 20 heavy (non-hydrogen) atoms. The average molecular weight is 290 g/mol. The molecule has 0 fully saturated rings. The third kappa shape index (κ3) is 3.90. The zero-order valence-corrected chi connectivity index (χ0v) is 11.8. The maximum atomic E-state index is 11.9. The van der Waals surface area contributed by atoms with E-state index in [1.54, 1.807) is 24.3 Å². The Morgan fingerprint density at radius 2 is 1.95 bits per heavy atom. The summed E-state index contributed by atoms with van der Waals surface area (Å²) in [5.74, 6) is 0. The molecule has 0 aliphatic rings. The highest BCUT2D eigenvalue weighted by Crippen LogP contribution is 2.17. The van der Waals surface area contributed by atoms with Crippen LogP contribution in [0, 0.1) is 0 Å². The minimum atomic E-state index is -0.290. The number of amides is 2. The molecule has 4 N–H and O–H groups in total. The number of hydrogen-bond acceptors (Lipinski definition) is 2. The molecule has 0 bridgehead atoms. The van der Waals surface area contributed by atoms with Gasteiger partial charge in [-0.2, -0.15) is 0 Å². The second kappa shape index (κ2) is 6.30. The number of carbonyl (C=O) groups is 1. The zero-order chi connectivity index (χ0) is 14.5. The first-order valence-electron chi connectivity index (χ1n) is 6.23. The third-order valence-corrected chi connectivity index (χ3v) is 3.08. The number of nitrogens with one attached hydrogen (secondary N) is 2. The number of urea groups is 1. The van der Waals surface area contributed by atoms with Crippen molar-refractivity contribution in [2.45, 2.75) is 13.0 Å². The Balaban J connectivity index is 1.97. The molecule has 0 aliphatic heterocycles. The molecule has 104 valence electrons. The van der Waals surface area contributed by atoms with Crippen LogP contribution < -0.4 is 16.4 Å². The van der Waals surface area contributed by atoms with Crippen molar-refractivity contribution in [3.63, 3.8) is 0 Å². The van der Waals surface area contributed by atoms with Crippen LogP contribution in [0.1, 0.15) is 18.5 Å². The molecule has 4 nitrogen and oxygen atoms in total. The van der Waals surface area contributed by atoms with Gasteiger partial charge in [-0.3, -0.25) is 0 Å². The third-order valence-electron chi connectivity index (χ3n) is 2.84. The predicted octanol–water partition coefficient (Wildman–Crippen LogP) is 3.80. The van der Waals surface area contributed by atoms with Crippen LogP contribution in [0.5, 0.6) is 0 Å². The molecule has 0 radical (unpaired) electrons. The molecule has 0 heterocycles. The quantitative estimate of drug-likeness (QED) is 0.752. The number of halogens is 1. The topological polar surface area (TPSA) is 67.2 Å². The van der Waals surface area contributed by atoms with Crippen molar-refractivity contribution in [2.75, 3.05) is 11.1 Å². The minimum absolute atomic E-state index is 0.141. The van der Waals surface area contributed by atoms with Gasteiger partial charge in [-0.25, -0.2) is 4.79 Å². The van der Waals surface area contributed by atoms with E-state index in [9.17, 15) is 4.79 Å². The summed E-state index contributed by atoms with van der Waals surface area (Å²) in [6.45, 7) is 1.90. The number of benzene rings is 2. The van der Waals surface area contributed by atoms with Gasteiger partial charge >= 0.3 is 6.03 Å². The fourth-order valence-electron chi connectivity index (χ4n) is 1.84. The lowest BCUT2D eigenvalue weighted by molar-refractivity contribution is 0.249. The van der Waals surface area contributed by atoms with Crippen molar-refractivity contribution >= 4 is 29.0 Å². The van der Waals surface area contributed by atoms with Crippen LogP contribution in [0.3, 0.4) is 0 Å². The maximum absolute atomic E-state index is 11.9. The fraction of sp³-hybridized carbons (Fsp3) is 0.133. The lowest BCUT2D eigenvalue weighted by Gasteiger charge is -2.15. The largest absolute Gasteiger partial charge is 0.399 e. The molecular weight excluding hydrogens is 274 g/mol. The molecule has 0 spiro atoms. The Hall–Kier alpha value is -2.20. The number of nitrogen functional groups attached to an aromatic ring is 1. The second-order valence-corrected chi connectivity index (χ2v) is 4.94. The Morgan fingerprint density at radius 3 is 2.65 bits per heavy atom. The van der Waals surface area contributed by atoms with Crippen LogP contribution in [-0.2, 0) is 0 Å². The highest BCUT2D eigenvalue weighted by atomic mass is 35.5. The summed E-state index contributed by atoms with van der Waals surface area (Å²) in [5, 5.41) is 6.15. The van der Waals surface area contributed by atoms with E-state index in [1.165, 1.54) is 0 Å². The van der Waals surface area contributed by atoms with Gasteiger partial charge in [0.25, 0.3) is 0 Å². The molecular formula is C15H16ClN3O. The lowest BCUT2D eigenvalue weighted by atomic mass is 10.1. The molecule has 5 heteroatoms. The van der Waals surface area contributed by atoms with Gasteiger partial charge in [-0.05, 0) is 42.8 Å². The van der Waals surface area contributed by atoms with E-state index in [2.05, 4.69) is 10.6 Å². The second-order valence-electron chi connectivity index (χ2n) is 4.50. The van der Waals surface area contributed by atoms with Crippen LogP contribution in [0.15, 0.2) is 48.5 Å². The summed E-state index contributed by atoms with van der Waals surface area (Å²) in [7, 11) is 0. The van der Waals surface area contributed by atoms with E-state index in [4.69, 9.17) is 17.3 Å². The molecule has 0 aromatic heterocycles. The number of carbonyl (C=O) groups excluding carboxylic acids is 1. The standard InChI is InChI=1S/C15H16ClN3O/c1-10(11-4-2-6-13(17)8-11)18-15(20)19-14-7-3-5-12(16)9-14/h2-10H,17H2,1H3,(H2,18,19,20). The van der Waals surface area contributed by atoms with E-state index in [-0.39, 0.29) is 12.1 Å². The van der Waals surface area contributed by atoms with Gasteiger partial charge in [0.15, 0.2) is 0 Å². The summed E-state index contributed by atoms with van der Waals surface area (Å²) in [4.78, 5) is 11.9. The van der Waals surface area contributed by atoms with Gasteiger partial charge in [0.2, 0.25) is 0 Å². The highest BCUT2D eigenvalue weighted by Gasteiger charge is 2.09. The first-order valence-corrected chi connectivity index (χ1v) is 6.61. The van der Waals surface area contributed by atoms with Crippen LogP contribution >= 0.6 is 11.6 Å². The molecule has 2 rings (SSSR count). The Labute approximate surface area is 122 Å². The molecule has 0 saturated heterocycles. The van der Waals surface area contributed by atoms with Gasteiger partial charge in [-0.1, -0.05) is 29.8 Å². The molecule has 2 aromatic carbocycles. The van der Waals surface area contributed by atoms with E-state index in [0.717, 1.165) is 5.56 Å². The van der Waals surface area contributed by atoms with Crippen molar-refractivity contribution in [1.29, 1.82) is 0 Å². The number of hydrogen-bond donors (Lipinski definition) is 3. The van der Waals surface area contributed by atoms with Gasteiger partial charge in [-0.15, -0.1) is 0 Å². The average Bonchev–Trinajstić information content (AvgIpc) is 2.38. The van der Waals surface area contributed by atoms with E-state index >= 15 is 0 Å². The zero-order valence-electron chi connectivity index (χ0n) is 11.1. The fourth-order valence-corrected chi connectivity index (χ4v) is 2.03. The summed E-state index contributed by atoms with van der Waals surface area (Å²) in [6, 6.07) is 14.0. The Kier molecular flexibility index (Phi) is 4.48. The van der Waals surface area contributed by atoms with Crippen LogP contribution in [0.25, 0.3) is 0 Å². The van der Waals surface area contributed by atoms with Crippen LogP contribution in [0.2, 0.25) is 5.02 Å². The van der Waals surface area contributed by atoms with Crippen molar-refractivity contribution < 1.29 is 4.79 Å². The van der Waals surface area contributed by atoms with Crippen LogP contribution in [-0.4, -0.2) is 6.03 Å². The van der Waals surface area contributed by atoms with Gasteiger partial charge < -0.3 is 16.4 Å². The summed E-state index contributed by atoms with van der Waals surface area (Å²) < 4.78 is 0. The van der Waals surface area contributed by atoms with Crippen LogP contribution in [0.4, 0.5) is 16.2 Å². The maximum Gasteiger partial charge on any atom is 0.319 e. The summed E-state index contributed by atoms with van der Waals surface area (Å²) in [5.41, 5.74) is 8.00. The Morgan fingerprint density at radius 1 is 1.20 bits per heavy atom. The van der Waals surface area contributed by atoms with Crippen molar-refractivity contribution in [3.05, 3.63) is 59.1 Å². The molecule has 2 aromatic rings. The molecule has 0 saturated carbocycles. The monoisotopic (exact) mass is 289 g/mol. The normalized spacial score (nSPS) is 11.7. The van der Waals surface area contributed by atoms with Gasteiger partial charge in [0.1, 0.15) is 0 Å². The number of anilines is 2.